The molecule has 4 nitrogen and oxygen atoms in total. The van der Waals surface area contributed by atoms with Gasteiger partial charge >= 0.3 is 0 Å². The number of carbonyl (C=O) groups excluding carboxylic acids is 1. The summed E-state index contributed by atoms with van der Waals surface area (Å²) in [6.07, 6.45) is 2.46. The van der Waals surface area contributed by atoms with Crippen LogP contribution in [0.4, 0.5) is 5.69 Å². The first kappa shape index (κ1) is 12.3. The van der Waals surface area contributed by atoms with Gasteiger partial charge in [0.15, 0.2) is 0 Å². The molecule has 2 N–H and O–H groups in total. The standard InChI is InChI=1S/C14H14N2O2/c1-10(17)14(18)16-13-4-2-11(3-5-13)12-6-8-15-9-7-12/h2-10,17H,1H3,(H,16,18). The largest absolute Gasteiger partial charge is 0.384 e. The predicted molar refractivity (Wildman–Crippen MR) is 70.0 cm³/mol. The predicted octanol–water partition coefficient (Wildman–Crippen LogP) is 2.07. The van der Waals surface area contributed by atoms with Gasteiger partial charge in [0, 0.05) is 18.1 Å². The number of aromatic nitrogens is 1. The van der Waals surface area contributed by atoms with Crippen molar-refractivity contribution in [1.82, 2.24) is 4.98 Å². The van der Waals surface area contributed by atoms with Gasteiger partial charge in [-0.2, -0.15) is 0 Å². The molecule has 1 aromatic carbocycles. The smallest absolute Gasteiger partial charge is 0.252 e. The molecule has 1 heterocycles. The highest BCUT2D eigenvalue weighted by Crippen LogP contribution is 2.20. The number of pyridine rings is 1. The Balaban J connectivity index is 2.13. The number of rotatable bonds is 3. The number of hydrogen-bond acceptors (Lipinski definition) is 3. The summed E-state index contributed by atoms with van der Waals surface area (Å²) in [6, 6.07) is 11.3. The van der Waals surface area contributed by atoms with Gasteiger partial charge in [0.1, 0.15) is 6.10 Å². The number of amides is 1. The lowest BCUT2D eigenvalue weighted by atomic mass is 10.1. The van der Waals surface area contributed by atoms with Gasteiger partial charge in [-0.3, -0.25) is 9.78 Å². The van der Waals surface area contributed by atoms with Gasteiger partial charge < -0.3 is 10.4 Å². The maximum Gasteiger partial charge on any atom is 0.252 e. The minimum atomic E-state index is -1.01. The average Bonchev–Trinajstić information content (AvgIpc) is 2.40. The number of anilines is 1. The summed E-state index contributed by atoms with van der Waals surface area (Å²) in [7, 11) is 0. The Bertz CT molecular complexity index is 521. The lowest BCUT2D eigenvalue weighted by Crippen LogP contribution is -2.24. The van der Waals surface area contributed by atoms with Crippen molar-refractivity contribution in [3.8, 4) is 11.1 Å². The lowest BCUT2D eigenvalue weighted by Gasteiger charge is -2.08. The van der Waals surface area contributed by atoms with Crippen LogP contribution >= 0.6 is 0 Å². The number of hydrogen-bond donors (Lipinski definition) is 2. The van der Waals surface area contributed by atoms with E-state index in [1.165, 1.54) is 6.92 Å². The van der Waals surface area contributed by atoms with Gasteiger partial charge in [0.2, 0.25) is 0 Å². The zero-order valence-corrected chi connectivity index (χ0v) is 10.00. The van der Waals surface area contributed by atoms with E-state index in [4.69, 9.17) is 5.11 Å². The molecule has 1 aromatic heterocycles. The van der Waals surface area contributed by atoms with Crippen LogP contribution < -0.4 is 5.32 Å². The van der Waals surface area contributed by atoms with E-state index in [-0.39, 0.29) is 0 Å². The first-order chi connectivity index (χ1) is 8.66. The first-order valence-electron chi connectivity index (χ1n) is 5.66. The van der Waals surface area contributed by atoms with Crippen molar-refractivity contribution in [2.45, 2.75) is 13.0 Å². The second-order valence-corrected chi connectivity index (χ2v) is 3.98. The van der Waals surface area contributed by atoms with Crippen LogP contribution in [0.5, 0.6) is 0 Å². The molecule has 1 amide bonds. The second kappa shape index (κ2) is 5.42. The molecule has 0 bridgehead atoms. The number of aliphatic hydroxyl groups excluding tert-OH is 1. The van der Waals surface area contributed by atoms with E-state index in [1.54, 1.807) is 24.5 Å². The van der Waals surface area contributed by atoms with Crippen LogP contribution in [0, 0.1) is 0 Å². The fourth-order valence-electron chi connectivity index (χ4n) is 1.54. The van der Waals surface area contributed by atoms with Crippen molar-refractivity contribution in [3.05, 3.63) is 48.8 Å². The quantitative estimate of drug-likeness (QED) is 0.866. The summed E-state index contributed by atoms with van der Waals surface area (Å²) in [5.41, 5.74) is 2.78. The summed E-state index contributed by atoms with van der Waals surface area (Å²) in [5, 5.41) is 11.7. The van der Waals surface area contributed by atoms with Gasteiger partial charge in [0.05, 0.1) is 0 Å². The third-order valence-electron chi connectivity index (χ3n) is 2.55. The molecule has 4 heteroatoms. The second-order valence-electron chi connectivity index (χ2n) is 3.98. The lowest BCUT2D eigenvalue weighted by molar-refractivity contribution is -0.123. The number of carbonyl (C=O) groups is 1. The molecule has 0 aliphatic rings. The minimum Gasteiger partial charge on any atom is -0.384 e. The molecule has 2 rings (SSSR count). The zero-order valence-electron chi connectivity index (χ0n) is 10.00. The first-order valence-corrected chi connectivity index (χ1v) is 5.66. The summed E-state index contributed by atoms with van der Waals surface area (Å²) < 4.78 is 0. The monoisotopic (exact) mass is 242 g/mol. The number of nitrogens with one attached hydrogen (secondary N) is 1. The van der Waals surface area contributed by atoms with Crippen LogP contribution in [-0.4, -0.2) is 22.1 Å². The highest BCUT2D eigenvalue weighted by Gasteiger charge is 2.08. The van der Waals surface area contributed by atoms with Crippen molar-refractivity contribution < 1.29 is 9.90 Å². The summed E-state index contributed by atoms with van der Waals surface area (Å²) in [5.74, 6) is -0.410. The molecule has 1 atom stereocenters. The van der Waals surface area contributed by atoms with Crippen molar-refractivity contribution in [1.29, 1.82) is 0 Å². The topological polar surface area (TPSA) is 62.2 Å². The Morgan fingerprint density at radius 1 is 1.11 bits per heavy atom. The molecule has 0 radical (unpaired) electrons. The van der Waals surface area contributed by atoms with Crippen LogP contribution in [0.25, 0.3) is 11.1 Å². The van der Waals surface area contributed by atoms with E-state index >= 15 is 0 Å². The van der Waals surface area contributed by atoms with E-state index in [2.05, 4.69) is 10.3 Å². The maximum atomic E-state index is 11.3. The van der Waals surface area contributed by atoms with Crippen LogP contribution in [0.3, 0.4) is 0 Å². The van der Waals surface area contributed by atoms with Crippen LogP contribution in [0.1, 0.15) is 6.92 Å². The van der Waals surface area contributed by atoms with Gasteiger partial charge in [-0.1, -0.05) is 12.1 Å². The molecule has 18 heavy (non-hydrogen) atoms. The van der Waals surface area contributed by atoms with E-state index in [1.807, 2.05) is 24.3 Å². The maximum absolute atomic E-state index is 11.3. The highest BCUT2D eigenvalue weighted by molar-refractivity contribution is 5.93. The Kier molecular flexibility index (Phi) is 3.69. The van der Waals surface area contributed by atoms with Crippen molar-refractivity contribution in [2.24, 2.45) is 0 Å². The molecule has 0 saturated heterocycles. The van der Waals surface area contributed by atoms with Gasteiger partial charge in [-0.05, 0) is 42.3 Å². The summed E-state index contributed by atoms with van der Waals surface area (Å²) in [6.45, 7) is 1.43. The Labute approximate surface area is 105 Å². The molecule has 92 valence electrons. The van der Waals surface area contributed by atoms with E-state index in [0.29, 0.717) is 5.69 Å². The summed E-state index contributed by atoms with van der Waals surface area (Å²) >= 11 is 0. The Morgan fingerprint density at radius 2 is 1.67 bits per heavy atom. The molecule has 0 aliphatic carbocycles. The van der Waals surface area contributed by atoms with Crippen molar-refractivity contribution in [3.63, 3.8) is 0 Å². The van der Waals surface area contributed by atoms with Gasteiger partial charge in [0.25, 0.3) is 5.91 Å². The molecule has 0 spiro atoms. The van der Waals surface area contributed by atoms with Crippen LogP contribution in [-0.2, 0) is 4.79 Å². The molecular weight excluding hydrogens is 228 g/mol. The minimum absolute atomic E-state index is 0.410. The molecule has 0 saturated carbocycles. The van der Waals surface area contributed by atoms with Crippen molar-refractivity contribution >= 4 is 11.6 Å². The summed E-state index contributed by atoms with van der Waals surface area (Å²) in [4.78, 5) is 15.3. The van der Waals surface area contributed by atoms with E-state index in [9.17, 15) is 4.79 Å². The normalized spacial score (nSPS) is 11.9. The number of benzene rings is 1. The molecule has 2 aromatic rings. The van der Waals surface area contributed by atoms with E-state index < -0.39 is 12.0 Å². The molecule has 1 unspecified atom stereocenters. The number of aliphatic hydroxyl groups is 1. The number of nitrogens with zero attached hydrogens (tertiary/aromatic N) is 1. The fraction of sp³-hybridized carbons (Fsp3) is 0.143. The van der Waals surface area contributed by atoms with E-state index in [0.717, 1.165) is 11.1 Å². The molecule has 0 aliphatic heterocycles. The van der Waals surface area contributed by atoms with Crippen LogP contribution in [0.2, 0.25) is 0 Å². The zero-order chi connectivity index (χ0) is 13.0. The fourth-order valence-corrected chi connectivity index (χ4v) is 1.54. The van der Waals surface area contributed by atoms with Gasteiger partial charge in [-0.15, -0.1) is 0 Å². The third kappa shape index (κ3) is 2.93. The molecular formula is C14H14N2O2. The Morgan fingerprint density at radius 3 is 2.22 bits per heavy atom. The van der Waals surface area contributed by atoms with Crippen LogP contribution in [0.15, 0.2) is 48.8 Å². The average molecular weight is 242 g/mol. The SMILES string of the molecule is CC(O)C(=O)Nc1ccc(-c2ccncc2)cc1. The Hall–Kier alpha value is -2.20. The van der Waals surface area contributed by atoms with Gasteiger partial charge in [-0.25, -0.2) is 0 Å². The molecule has 0 fully saturated rings. The highest BCUT2D eigenvalue weighted by atomic mass is 16.3. The third-order valence-corrected chi connectivity index (χ3v) is 2.55. The van der Waals surface area contributed by atoms with Crippen molar-refractivity contribution in [2.75, 3.05) is 5.32 Å².